The molecule has 94 valence electrons. The summed E-state index contributed by atoms with van der Waals surface area (Å²) in [5.41, 5.74) is 0. The maximum absolute atomic E-state index is 11.7. The van der Waals surface area contributed by atoms with Gasteiger partial charge in [-0.3, -0.25) is 9.59 Å². The van der Waals surface area contributed by atoms with Crippen LogP contribution in [-0.4, -0.2) is 31.0 Å². The maximum atomic E-state index is 11.7. The summed E-state index contributed by atoms with van der Waals surface area (Å²) in [5.74, 6) is -1.08. The SMILES string of the molecule is CCOC(=O)C(I)(CC)CCC(I)C(=O)O. The Morgan fingerprint density at radius 2 is 2.00 bits per heavy atom. The van der Waals surface area contributed by atoms with E-state index in [2.05, 4.69) is 22.6 Å². The quantitative estimate of drug-likeness (QED) is 0.366. The molecule has 0 aromatic rings. The van der Waals surface area contributed by atoms with Crippen molar-refractivity contribution in [3.63, 3.8) is 0 Å². The predicted molar refractivity (Wildman–Crippen MR) is 78.4 cm³/mol. The molecule has 0 saturated heterocycles. The van der Waals surface area contributed by atoms with E-state index >= 15 is 0 Å². The lowest BCUT2D eigenvalue weighted by molar-refractivity contribution is -0.146. The van der Waals surface area contributed by atoms with Gasteiger partial charge < -0.3 is 9.84 Å². The van der Waals surface area contributed by atoms with Crippen LogP contribution < -0.4 is 0 Å². The summed E-state index contributed by atoms with van der Waals surface area (Å²) in [5, 5.41) is 8.77. The molecule has 1 N–H and O–H groups in total. The lowest BCUT2D eigenvalue weighted by atomic mass is 9.99. The minimum atomic E-state index is -0.834. The van der Waals surface area contributed by atoms with E-state index in [1.165, 1.54) is 0 Å². The first-order valence-electron chi connectivity index (χ1n) is 5.10. The van der Waals surface area contributed by atoms with E-state index in [0.717, 1.165) is 0 Å². The fourth-order valence-corrected chi connectivity index (χ4v) is 1.94. The second-order valence-corrected chi connectivity index (χ2v) is 6.95. The molecular weight excluding hydrogens is 438 g/mol. The van der Waals surface area contributed by atoms with Crippen molar-refractivity contribution in [3.05, 3.63) is 0 Å². The van der Waals surface area contributed by atoms with Gasteiger partial charge in [0.2, 0.25) is 0 Å². The zero-order chi connectivity index (χ0) is 12.8. The Hall–Kier alpha value is 0.400. The lowest BCUT2D eigenvalue weighted by Crippen LogP contribution is -2.34. The van der Waals surface area contributed by atoms with Crippen molar-refractivity contribution >= 4 is 57.1 Å². The number of alkyl halides is 2. The van der Waals surface area contributed by atoms with Gasteiger partial charge >= 0.3 is 11.9 Å². The first kappa shape index (κ1) is 16.4. The Morgan fingerprint density at radius 3 is 2.38 bits per heavy atom. The molecule has 0 aromatic carbocycles. The Bertz CT molecular complexity index is 257. The monoisotopic (exact) mass is 454 g/mol. The van der Waals surface area contributed by atoms with Gasteiger partial charge in [-0.25, -0.2) is 0 Å². The predicted octanol–water partition coefficient (Wildman–Crippen LogP) is 2.80. The van der Waals surface area contributed by atoms with Crippen molar-refractivity contribution in [2.75, 3.05) is 6.61 Å². The number of rotatable bonds is 7. The molecule has 0 aliphatic heterocycles. The average Bonchev–Trinajstić information content (AvgIpc) is 2.25. The number of halogens is 2. The molecule has 0 aromatic heterocycles. The molecule has 2 unspecified atom stereocenters. The number of carboxylic acid groups (broad SMARTS) is 1. The van der Waals surface area contributed by atoms with Crippen LogP contribution >= 0.6 is 45.2 Å². The molecule has 16 heavy (non-hydrogen) atoms. The molecule has 4 nitrogen and oxygen atoms in total. The molecule has 0 aliphatic carbocycles. The number of carbonyl (C=O) groups excluding carboxylic acids is 1. The molecule has 0 saturated carbocycles. The van der Waals surface area contributed by atoms with Gasteiger partial charge in [0, 0.05) is 0 Å². The minimum absolute atomic E-state index is 0.243. The van der Waals surface area contributed by atoms with Crippen LogP contribution in [0.1, 0.15) is 33.1 Å². The van der Waals surface area contributed by atoms with Crippen molar-refractivity contribution < 1.29 is 19.4 Å². The van der Waals surface area contributed by atoms with Gasteiger partial charge in [0.05, 0.1) is 6.61 Å². The van der Waals surface area contributed by atoms with Crippen LogP contribution in [0.2, 0.25) is 0 Å². The summed E-state index contributed by atoms with van der Waals surface area (Å²) < 4.78 is 3.95. The highest BCUT2D eigenvalue weighted by Crippen LogP contribution is 2.32. The fourth-order valence-electron chi connectivity index (χ4n) is 1.16. The normalized spacial score (nSPS) is 16.2. The summed E-state index contributed by atoms with van der Waals surface area (Å²) in [7, 11) is 0. The molecular formula is C10H16I2O4. The van der Waals surface area contributed by atoms with Gasteiger partial charge in [0.1, 0.15) is 7.35 Å². The molecule has 0 rings (SSSR count). The van der Waals surface area contributed by atoms with E-state index in [9.17, 15) is 9.59 Å². The number of aliphatic carboxylic acids is 1. The molecule has 0 spiro atoms. The summed E-state index contributed by atoms with van der Waals surface area (Å²) in [6.45, 7) is 4.03. The Balaban J connectivity index is 4.37. The number of esters is 1. The second-order valence-electron chi connectivity index (χ2n) is 3.38. The van der Waals surface area contributed by atoms with Crippen LogP contribution in [0.15, 0.2) is 0 Å². The van der Waals surface area contributed by atoms with Crippen molar-refractivity contribution in [2.24, 2.45) is 0 Å². The Kier molecular flexibility index (Phi) is 7.87. The number of carbonyl (C=O) groups is 2. The van der Waals surface area contributed by atoms with Crippen molar-refractivity contribution in [2.45, 2.75) is 40.5 Å². The Morgan fingerprint density at radius 1 is 1.44 bits per heavy atom. The van der Waals surface area contributed by atoms with Gasteiger partial charge in [-0.15, -0.1) is 0 Å². The smallest absolute Gasteiger partial charge is 0.322 e. The van der Waals surface area contributed by atoms with Crippen molar-refractivity contribution in [1.82, 2.24) is 0 Å². The van der Waals surface area contributed by atoms with E-state index in [4.69, 9.17) is 9.84 Å². The molecule has 0 radical (unpaired) electrons. The first-order chi connectivity index (χ1) is 7.37. The van der Waals surface area contributed by atoms with Gasteiger partial charge in [0.25, 0.3) is 0 Å². The summed E-state index contributed by atoms with van der Waals surface area (Å²) in [6.07, 6.45) is 1.66. The minimum Gasteiger partial charge on any atom is -0.480 e. The zero-order valence-corrected chi connectivity index (χ0v) is 13.6. The van der Waals surface area contributed by atoms with Gasteiger partial charge in [0.15, 0.2) is 0 Å². The van der Waals surface area contributed by atoms with E-state index in [-0.39, 0.29) is 5.97 Å². The lowest BCUT2D eigenvalue weighted by Gasteiger charge is -2.24. The highest BCUT2D eigenvalue weighted by Gasteiger charge is 2.35. The Labute approximate surface area is 123 Å². The van der Waals surface area contributed by atoms with Crippen LogP contribution in [0.5, 0.6) is 0 Å². The number of ether oxygens (including phenoxy) is 1. The maximum Gasteiger partial charge on any atom is 0.322 e. The fraction of sp³-hybridized carbons (Fsp3) is 0.800. The van der Waals surface area contributed by atoms with E-state index in [0.29, 0.717) is 25.9 Å². The number of hydrogen-bond acceptors (Lipinski definition) is 3. The zero-order valence-electron chi connectivity index (χ0n) is 9.33. The molecule has 0 bridgehead atoms. The van der Waals surface area contributed by atoms with Gasteiger partial charge in [-0.2, -0.15) is 0 Å². The van der Waals surface area contributed by atoms with Crippen molar-refractivity contribution in [1.29, 1.82) is 0 Å². The molecule has 0 amide bonds. The third-order valence-electron chi connectivity index (χ3n) is 2.26. The van der Waals surface area contributed by atoms with Crippen LogP contribution in [0.3, 0.4) is 0 Å². The molecule has 2 atom stereocenters. The highest BCUT2D eigenvalue weighted by molar-refractivity contribution is 14.1. The molecule has 0 fully saturated rings. The standard InChI is InChI=1S/C10H16I2O4/c1-3-10(12,9(15)16-4-2)6-5-7(11)8(13)14/h7H,3-6H2,1-2H3,(H,13,14). The van der Waals surface area contributed by atoms with Gasteiger partial charge in [-0.05, 0) is 26.2 Å². The summed E-state index contributed by atoms with van der Waals surface area (Å²) in [4.78, 5) is 22.4. The third kappa shape index (κ3) is 5.15. The van der Waals surface area contributed by atoms with Crippen LogP contribution in [0.25, 0.3) is 0 Å². The third-order valence-corrected chi connectivity index (χ3v) is 5.16. The second kappa shape index (κ2) is 7.67. The first-order valence-corrected chi connectivity index (χ1v) is 7.42. The highest BCUT2D eigenvalue weighted by atomic mass is 127. The topological polar surface area (TPSA) is 63.6 Å². The van der Waals surface area contributed by atoms with Crippen LogP contribution in [0.4, 0.5) is 0 Å². The van der Waals surface area contributed by atoms with Crippen LogP contribution in [-0.2, 0) is 14.3 Å². The van der Waals surface area contributed by atoms with E-state index < -0.39 is 13.3 Å². The molecule has 0 heterocycles. The average molecular weight is 454 g/mol. The van der Waals surface area contributed by atoms with Crippen LogP contribution in [0, 0.1) is 0 Å². The number of carboxylic acids is 1. The largest absolute Gasteiger partial charge is 0.480 e. The van der Waals surface area contributed by atoms with Crippen molar-refractivity contribution in [3.8, 4) is 0 Å². The van der Waals surface area contributed by atoms with E-state index in [1.807, 2.05) is 29.5 Å². The molecule has 0 aliphatic rings. The summed E-state index contributed by atoms with van der Waals surface area (Å²) >= 11 is 3.95. The number of hydrogen-bond donors (Lipinski definition) is 1. The summed E-state index contributed by atoms with van der Waals surface area (Å²) in [6, 6.07) is 0. The molecule has 6 heteroatoms. The van der Waals surface area contributed by atoms with Gasteiger partial charge in [-0.1, -0.05) is 52.1 Å². The van der Waals surface area contributed by atoms with E-state index in [1.54, 1.807) is 6.92 Å².